The number of carbonyl (C=O) groups excluding carboxylic acids is 2. The number of primary amides is 1. The predicted octanol–water partition coefficient (Wildman–Crippen LogP) is 2.76. The van der Waals surface area contributed by atoms with E-state index in [1.807, 2.05) is 4.90 Å². The van der Waals surface area contributed by atoms with Gasteiger partial charge in [0.1, 0.15) is 0 Å². The van der Waals surface area contributed by atoms with Crippen molar-refractivity contribution in [3.8, 4) is 11.5 Å². The standard InChI is InChI=1S/C18H23ClN2O4/c1-24-15-9-11(8-14(19)17(15)25-10-16(20)22)18(23)21(13-6-7-13)12-4-2-3-5-12/h8-9,12-13H,2-7,10H2,1H3,(H2,20,22). The molecule has 1 aromatic rings. The average molecular weight is 367 g/mol. The third-order valence-corrected chi connectivity index (χ3v) is 5.01. The first kappa shape index (κ1) is 17.9. The van der Waals surface area contributed by atoms with E-state index in [4.69, 9.17) is 26.8 Å². The fourth-order valence-electron chi connectivity index (χ4n) is 3.44. The van der Waals surface area contributed by atoms with Gasteiger partial charge in [0.25, 0.3) is 11.8 Å². The number of carbonyl (C=O) groups is 2. The SMILES string of the molecule is COc1cc(C(=O)N(C2CCCC2)C2CC2)cc(Cl)c1OCC(N)=O. The van der Waals surface area contributed by atoms with Crippen molar-refractivity contribution in [3.63, 3.8) is 0 Å². The Hall–Kier alpha value is -1.95. The highest BCUT2D eigenvalue weighted by Crippen LogP contribution is 2.39. The van der Waals surface area contributed by atoms with Gasteiger partial charge >= 0.3 is 0 Å². The normalized spacial score (nSPS) is 17.4. The van der Waals surface area contributed by atoms with Gasteiger partial charge in [0.05, 0.1) is 12.1 Å². The fraction of sp³-hybridized carbons (Fsp3) is 0.556. The van der Waals surface area contributed by atoms with Crippen molar-refractivity contribution < 1.29 is 19.1 Å². The Morgan fingerprint density at radius 2 is 1.84 bits per heavy atom. The quantitative estimate of drug-likeness (QED) is 0.804. The maximum Gasteiger partial charge on any atom is 0.255 e. The predicted molar refractivity (Wildman–Crippen MR) is 94.1 cm³/mol. The molecule has 7 heteroatoms. The molecular formula is C18H23ClN2O4. The Balaban J connectivity index is 1.86. The topological polar surface area (TPSA) is 81.9 Å². The number of benzene rings is 1. The van der Waals surface area contributed by atoms with E-state index in [2.05, 4.69) is 0 Å². The highest BCUT2D eigenvalue weighted by atomic mass is 35.5. The van der Waals surface area contributed by atoms with Crippen LogP contribution < -0.4 is 15.2 Å². The Bertz CT molecular complexity index is 669. The second kappa shape index (κ2) is 7.52. The molecule has 0 unspecified atom stereocenters. The molecule has 2 fully saturated rings. The number of ether oxygens (including phenoxy) is 2. The summed E-state index contributed by atoms with van der Waals surface area (Å²) in [5.41, 5.74) is 5.58. The van der Waals surface area contributed by atoms with E-state index in [0.717, 1.165) is 25.7 Å². The number of halogens is 1. The molecule has 0 aliphatic heterocycles. The van der Waals surface area contributed by atoms with Crippen molar-refractivity contribution in [2.45, 2.75) is 50.6 Å². The highest BCUT2D eigenvalue weighted by Gasteiger charge is 2.39. The van der Waals surface area contributed by atoms with Crippen molar-refractivity contribution >= 4 is 23.4 Å². The van der Waals surface area contributed by atoms with Gasteiger partial charge in [0.15, 0.2) is 18.1 Å². The van der Waals surface area contributed by atoms with E-state index >= 15 is 0 Å². The summed E-state index contributed by atoms with van der Waals surface area (Å²) in [6, 6.07) is 3.85. The second-order valence-corrected chi connectivity index (χ2v) is 7.03. The van der Waals surface area contributed by atoms with Gasteiger partial charge in [-0.1, -0.05) is 24.4 Å². The number of hydrogen-bond acceptors (Lipinski definition) is 4. The lowest BCUT2D eigenvalue weighted by Crippen LogP contribution is -2.40. The monoisotopic (exact) mass is 366 g/mol. The molecule has 2 N–H and O–H groups in total. The van der Waals surface area contributed by atoms with Crippen LogP contribution >= 0.6 is 11.6 Å². The van der Waals surface area contributed by atoms with Crippen LogP contribution in [0.15, 0.2) is 12.1 Å². The van der Waals surface area contributed by atoms with Crippen LogP contribution in [0.5, 0.6) is 11.5 Å². The molecule has 136 valence electrons. The smallest absolute Gasteiger partial charge is 0.255 e. The minimum atomic E-state index is -0.612. The minimum absolute atomic E-state index is 0.0175. The first-order valence-corrected chi connectivity index (χ1v) is 9.00. The van der Waals surface area contributed by atoms with Crippen LogP contribution in [-0.2, 0) is 4.79 Å². The van der Waals surface area contributed by atoms with Crippen LogP contribution in [0.2, 0.25) is 5.02 Å². The third-order valence-electron chi connectivity index (χ3n) is 4.73. The zero-order valence-electron chi connectivity index (χ0n) is 14.3. The average Bonchev–Trinajstić information content (AvgIpc) is 3.26. The molecule has 0 heterocycles. The molecule has 2 aliphatic rings. The molecule has 0 bridgehead atoms. The summed E-state index contributed by atoms with van der Waals surface area (Å²) < 4.78 is 10.6. The Labute approximate surface area is 152 Å². The van der Waals surface area contributed by atoms with Crippen molar-refractivity contribution in [1.29, 1.82) is 0 Å². The molecule has 0 radical (unpaired) electrons. The zero-order valence-corrected chi connectivity index (χ0v) is 15.1. The second-order valence-electron chi connectivity index (χ2n) is 6.63. The fourth-order valence-corrected chi connectivity index (χ4v) is 3.71. The van der Waals surface area contributed by atoms with E-state index in [1.54, 1.807) is 12.1 Å². The van der Waals surface area contributed by atoms with E-state index in [0.29, 0.717) is 23.4 Å². The van der Waals surface area contributed by atoms with Crippen molar-refractivity contribution in [3.05, 3.63) is 22.7 Å². The van der Waals surface area contributed by atoms with Gasteiger partial charge in [0, 0.05) is 17.6 Å². The summed E-state index contributed by atoms with van der Waals surface area (Å²) in [4.78, 5) is 26.1. The Kier molecular flexibility index (Phi) is 5.37. The lowest BCUT2D eigenvalue weighted by molar-refractivity contribution is -0.119. The molecule has 3 rings (SSSR count). The van der Waals surface area contributed by atoms with Gasteiger partial charge in [-0.25, -0.2) is 0 Å². The largest absolute Gasteiger partial charge is 0.493 e. The summed E-state index contributed by atoms with van der Waals surface area (Å²) in [6.45, 7) is -0.306. The lowest BCUT2D eigenvalue weighted by atomic mass is 10.1. The summed E-state index contributed by atoms with van der Waals surface area (Å²) in [7, 11) is 1.46. The van der Waals surface area contributed by atoms with Crippen molar-refractivity contribution in [2.24, 2.45) is 5.73 Å². The molecular weight excluding hydrogens is 344 g/mol. The summed E-state index contributed by atoms with van der Waals surface area (Å²) in [5.74, 6) is -0.0897. The van der Waals surface area contributed by atoms with Crippen LogP contribution in [-0.4, -0.2) is 42.5 Å². The Morgan fingerprint density at radius 1 is 1.20 bits per heavy atom. The first-order chi connectivity index (χ1) is 12.0. The van der Waals surface area contributed by atoms with Crippen LogP contribution in [0.4, 0.5) is 0 Å². The van der Waals surface area contributed by atoms with Crippen LogP contribution in [0, 0.1) is 0 Å². The molecule has 2 aliphatic carbocycles. The molecule has 0 spiro atoms. The molecule has 0 aromatic heterocycles. The van der Waals surface area contributed by atoms with Crippen LogP contribution in [0.1, 0.15) is 48.9 Å². The minimum Gasteiger partial charge on any atom is -0.493 e. The van der Waals surface area contributed by atoms with Crippen molar-refractivity contribution in [2.75, 3.05) is 13.7 Å². The maximum absolute atomic E-state index is 13.1. The molecule has 0 atom stereocenters. The molecule has 25 heavy (non-hydrogen) atoms. The number of nitrogens with zero attached hydrogens (tertiary/aromatic N) is 1. The van der Waals surface area contributed by atoms with Gasteiger partial charge in [-0.3, -0.25) is 9.59 Å². The van der Waals surface area contributed by atoms with Gasteiger partial charge in [-0.2, -0.15) is 0 Å². The number of hydrogen-bond donors (Lipinski definition) is 1. The number of amides is 2. The highest BCUT2D eigenvalue weighted by molar-refractivity contribution is 6.32. The molecule has 2 saturated carbocycles. The maximum atomic E-state index is 13.1. The van der Waals surface area contributed by atoms with E-state index in [1.165, 1.54) is 20.0 Å². The van der Waals surface area contributed by atoms with Crippen LogP contribution in [0.3, 0.4) is 0 Å². The Morgan fingerprint density at radius 3 is 2.40 bits per heavy atom. The van der Waals surface area contributed by atoms with E-state index in [9.17, 15) is 9.59 Å². The molecule has 2 amide bonds. The summed E-state index contributed by atoms with van der Waals surface area (Å²) in [6.07, 6.45) is 6.59. The van der Waals surface area contributed by atoms with E-state index < -0.39 is 5.91 Å². The number of rotatable bonds is 7. The van der Waals surface area contributed by atoms with Crippen molar-refractivity contribution in [1.82, 2.24) is 4.90 Å². The molecule has 6 nitrogen and oxygen atoms in total. The van der Waals surface area contributed by atoms with Crippen LogP contribution in [0.25, 0.3) is 0 Å². The third kappa shape index (κ3) is 4.00. The van der Waals surface area contributed by atoms with Gasteiger partial charge in [0.2, 0.25) is 0 Å². The van der Waals surface area contributed by atoms with Gasteiger partial charge in [-0.05, 0) is 37.8 Å². The molecule has 0 saturated heterocycles. The number of methoxy groups -OCH3 is 1. The van der Waals surface area contributed by atoms with Gasteiger partial charge in [-0.15, -0.1) is 0 Å². The first-order valence-electron chi connectivity index (χ1n) is 8.62. The molecule has 1 aromatic carbocycles. The summed E-state index contributed by atoms with van der Waals surface area (Å²) in [5, 5.41) is 0.228. The zero-order chi connectivity index (χ0) is 18.0. The lowest BCUT2D eigenvalue weighted by Gasteiger charge is -2.29. The van der Waals surface area contributed by atoms with Gasteiger partial charge < -0.3 is 20.1 Å². The van der Waals surface area contributed by atoms with E-state index in [-0.39, 0.29) is 23.3 Å². The summed E-state index contributed by atoms with van der Waals surface area (Å²) >= 11 is 6.27. The number of nitrogens with two attached hydrogens (primary N) is 1.